The van der Waals surface area contributed by atoms with Crippen LogP contribution in [-0.4, -0.2) is 12.8 Å². The third-order valence-electron chi connectivity index (χ3n) is 5.03. The van der Waals surface area contributed by atoms with Crippen LogP contribution < -0.4 is 0 Å². The Kier molecular flexibility index (Phi) is 7.70. The van der Waals surface area contributed by atoms with Gasteiger partial charge in [0.2, 0.25) is 0 Å². The number of hydrogen-bond donors (Lipinski definition) is 0. The van der Waals surface area contributed by atoms with Crippen molar-refractivity contribution in [3.8, 4) is 0 Å². The molecule has 1 aromatic rings. The van der Waals surface area contributed by atoms with Gasteiger partial charge in [-0.25, -0.2) is 0 Å². The van der Waals surface area contributed by atoms with Crippen LogP contribution >= 0.6 is 0 Å². The minimum absolute atomic E-state index is 0.701. The first kappa shape index (κ1) is 17.2. The molecule has 0 saturated heterocycles. The van der Waals surface area contributed by atoms with Crippen LogP contribution in [0.3, 0.4) is 0 Å². The van der Waals surface area contributed by atoms with Crippen molar-refractivity contribution >= 4 is 6.21 Å². The van der Waals surface area contributed by atoms with Crippen molar-refractivity contribution in [3.05, 3.63) is 35.4 Å². The summed E-state index contributed by atoms with van der Waals surface area (Å²) in [5.41, 5.74) is 2.86. The molecule has 0 amide bonds. The van der Waals surface area contributed by atoms with E-state index in [0.717, 1.165) is 12.5 Å². The second-order valence-corrected chi connectivity index (χ2v) is 6.90. The molecule has 1 aromatic carbocycles. The molecular formula is C21H33N. The standard InChI is InChI=1S/C21H33N/c1-3-10-19(11-4-2)21-15-9-8-14-20(21)17-22-16-18-12-6-5-7-13-18/h8-9,14-15,17-19H,3-7,10-13,16H2,1-2H3. The summed E-state index contributed by atoms with van der Waals surface area (Å²) in [7, 11) is 0. The lowest BCUT2D eigenvalue weighted by molar-refractivity contribution is 0.367. The molecule has 0 bridgehead atoms. The Balaban J connectivity index is 2.02. The molecule has 0 N–H and O–H groups in total. The third kappa shape index (κ3) is 5.26. The van der Waals surface area contributed by atoms with Crippen molar-refractivity contribution in [2.45, 2.75) is 77.6 Å². The lowest BCUT2D eigenvalue weighted by Gasteiger charge is -2.20. The van der Waals surface area contributed by atoms with Crippen molar-refractivity contribution in [2.75, 3.05) is 6.54 Å². The quantitative estimate of drug-likeness (QED) is 0.494. The molecular weight excluding hydrogens is 266 g/mol. The van der Waals surface area contributed by atoms with E-state index >= 15 is 0 Å². The van der Waals surface area contributed by atoms with E-state index in [1.54, 1.807) is 0 Å². The summed E-state index contributed by atoms with van der Waals surface area (Å²) in [5, 5.41) is 0. The van der Waals surface area contributed by atoms with Gasteiger partial charge in [-0.05, 0) is 48.6 Å². The summed E-state index contributed by atoms with van der Waals surface area (Å²) in [5.74, 6) is 1.53. The Morgan fingerprint density at radius 2 is 1.73 bits per heavy atom. The van der Waals surface area contributed by atoms with E-state index in [1.165, 1.54) is 68.9 Å². The molecule has 0 heterocycles. The molecule has 0 aliphatic heterocycles. The van der Waals surface area contributed by atoms with Crippen molar-refractivity contribution in [1.82, 2.24) is 0 Å². The van der Waals surface area contributed by atoms with Crippen molar-refractivity contribution in [1.29, 1.82) is 0 Å². The van der Waals surface area contributed by atoms with Crippen LogP contribution in [0.25, 0.3) is 0 Å². The molecule has 1 aliphatic rings. The van der Waals surface area contributed by atoms with Gasteiger partial charge in [-0.3, -0.25) is 4.99 Å². The highest BCUT2D eigenvalue weighted by atomic mass is 14.7. The van der Waals surface area contributed by atoms with Crippen LogP contribution in [0.2, 0.25) is 0 Å². The van der Waals surface area contributed by atoms with E-state index in [0.29, 0.717) is 5.92 Å². The van der Waals surface area contributed by atoms with Crippen LogP contribution in [0, 0.1) is 5.92 Å². The van der Waals surface area contributed by atoms with Gasteiger partial charge in [0.15, 0.2) is 0 Å². The second kappa shape index (κ2) is 9.82. The number of benzene rings is 1. The highest BCUT2D eigenvalue weighted by molar-refractivity contribution is 5.82. The minimum atomic E-state index is 0.701. The Labute approximate surface area is 137 Å². The summed E-state index contributed by atoms with van der Waals surface area (Å²) in [6.07, 6.45) is 14.3. The lowest BCUT2D eigenvalue weighted by atomic mass is 9.87. The fraction of sp³-hybridized carbons (Fsp3) is 0.667. The van der Waals surface area contributed by atoms with Gasteiger partial charge in [0.1, 0.15) is 0 Å². The Morgan fingerprint density at radius 3 is 2.41 bits per heavy atom. The minimum Gasteiger partial charge on any atom is -0.292 e. The maximum Gasteiger partial charge on any atom is 0.0417 e. The summed E-state index contributed by atoms with van der Waals surface area (Å²) < 4.78 is 0. The van der Waals surface area contributed by atoms with E-state index in [-0.39, 0.29) is 0 Å². The Bertz CT molecular complexity index is 437. The smallest absolute Gasteiger partial charge is 0.0417 e. The molecule has 1 fully saturated rings. The third-order valence-corrected chi connectivity index (χ3v) is 5.03. The fourth-order valence-corrected chi connectivity index (χ4v) is 3.82. The van der Waals surface area contributed by atoms with E-state index in [1.807, 2.05) is 0 Å². The highest BCUT2D eigenvalue weighted by Gasteiger charge is 2.14. The van der Waals surface area contributed by atoms with Gasteiger partial charge < -0.3 is 0 Å². The fourth-order valence-electron chi connectivity index (χ4n) is 3.82. The Morgan fingerprint density at radius 1 is 1.05 bits per heavy atom. The second-order valence-electron chi connectivity index (χ2n) is 6.90. The van der Waals surface area contributed by atoms with E-state index < -0.39 is 0 Å². The normalized spacial score (nSPS) is 16.7. The van der Waals surface area contributed by atoms with Gasteiger partial charge in [-0.2, -0.15) is 0 Å². The van der Waals surface area contributed by atoms with Gasteiger partial charge >= 0.3 is 0 Å². The van der Waals surface area contributed by atoms with E-state index in [9.17, 15) is 0 Å². The molecule has 1 nitrogen and oxygen atoms in total. The van der Waals surface area contributed by atoms with Gasteiger partial charge in [-0.15, -0.1) is 0 Å². The number of aliphatic imine (C=N–C) groups is 1. The summed E-state index contributed by atoms with van der Waals surface area (Å²) in [6, 6.07) is 8.91. The molecule has 0 aromatic heterocycles. The van der Waals surface area contributed by atoms with Crippen LogP contribution in [0.5, 0.6) is 0 Å². The first-order valence-electron chi connectivity index (χ1n) is 9.43. The largest absolute Gasteiger partial charge is 0.292 e. The molecule has 1 aliphatic carbocycles. The molecule has 0 spiro atoms. The summed E-state index contributed by atoms with van der Waals surface area (Å²) in [4.78, 5) is 4.80. The SMILES string of the molecule is CCCC(CCC)c1ccccc1C=NCC1CCCCC1. The molecule has 0 unspecified atom stereocenters. The first-order valence-corrected chi connectivity index (χ1v) is 9.43. The number of hydrogen-bond acceptors (Lipinski definition) is 1. The van der Waals surface area contributed by atoms with Crippen LogP contribution in [0.15, 0.2) is 29.3 Å². The van der Waals surface area contributed by atoms with Crippen LogP contribution in [0.1, 0.15) is 88.7 Å². The predicted octanol–water partition coefficient (Wildman–Crippen LogP) is 6.37. The topological polar surface area (TPSA) is 12.4 Å². The molecule has 22 heavy (non-hydrogen) atoms. The van der Waals surface area contributed by atoms with Gasteiger partial charge in [-0.1, -0.05) is 70.2 Å². The maximum absolute atomic E-state index is 4.80. The predicted molar refractivity (Wildman–Crippen MR) is 98.0 cm³/mol. The average Bonchev–Trinajstić information content (AvgIpc) is 2.56. The molecule has 0 radical (unpaired) electrons. The molecule has 1 heteroatoms. The van der Waals surface area contributed by atoms with Crippen LogP contribution in [0.4, 0.5) is 0 Å². The van der Waals surface area contributed by atoms with Gasteiger partial charge in [0, 0.05) is 12.8 Å². The summed E-state index contributed by atoms with van der Waals surface area (Å²) >= 11 is 0. The van der Waals surface area contributed by atoms with Gasteiger partial charge in [0.25, 0.3) is 0 Å². The molecule has 1 saturated carbocycles. The molecule has 122 valence electrons. The average molecular weight is 300 g/mol. The highest BCUT2D eigenvalue weighted by Crippen LogP contribution is 2.28. The Hall–Kier alpha value is -1.11. The number of rotatable bonds is 8. The zero-order chi connectivity index (χ0) is 15.6. The van der Waals surface area contributed by atoms with E-state index in [4.69, 9.17) is 4.99 Å². The zero-order valence-electron chi connectivity index (χ0n) is 14.6. The molecule has 2 rings (SSSR count). The lowest BCUT2D eigenvalue weighted by Crippen LogP contribution is -2.09. The maximum atomic E-state index is 4.80. The van der Waals surface area contributed by atoms with Gasteiger partial charge in [0.05, 0.1) is 0 Å². The monoisotopic (exact) mass is 299 g/mol. The van der Waals surface area contributed by atoms with E-state index in [2.05, 4.69) is 44.3 Å². The summed E-state index contributed by atoms with van der Waals surface area (Å²) in [6.45, 7) is 5.62. The van der Waals surface area contributed by atoms with Crippen molar-refractivity contribution < 1.29 is 0 Å². The van der Waals surface area contributed by atoms with Crippen molar-refractivity contribution in [2.24, 2.45) is 10.9 Å². The number of nitrogens with zero attached hydrogens (tertiary/aromatic N) is 1. The first-order chi connectivity index (χ1) is 10.8. The molecule has 0 atom stereocenters. The van der Waals surface area contributed by atoms with Crippen LogP contribution in [-0.2, 0) is 0 Å². The zero-order valence-corrected chi connectivity index (χ0v) is 14.6. The van der Waals surface area contributed by atoms with Crippen molar-refractivity contribution in [3.63, 3.8) is 0 Å².